The van der Waals surface area contributed by atoms with Crippen LogP contribution in [0.15, 0.2) is 0 Å². The Labute approximate surface area is 139 Å². The van der Waals surface area contributed by atoms with Gasteiger partial charge in [0.05, 0.1) is 12.5 Å². The van der Waals surface area contributed by atoms with Crippen LogP contribution in [0.4, 0.5) is 9.59 Å². The van der Waals surface area contributed by atoms with E-state index in [1.807, 2.05) is 0 Å². The van der Waals surface area contributed by atoms with Crippen LogP contribution < -0.4 is 0 Å². The molecule has 1 saturated heterocycles. The molecular weight excluding hydrogens is 322 g/mol. The summed E-state index contributed by atoms with van der Waals surface area (Å²) >= 11 is 0. The fraction of sp³-hybridized carbons (Fsp3) is 0.733. The molecule has 1 fully saturated rings. The van der Waals surface area contributed by atoms with Gasteiger partial charge in [0.15, 0.2) is 6.04 Å². The van der Waals surface area contributed by atoms with Crippen molar-refractivity contribution in [2.75, 3.05) is 0 Å². The summed E-state index contributed by atoms with van der Waals surface area (Å²) in [6.45, 7) is 9.45. The highest BCUT2D eigenvalue weighted by molar-refractivity contribution is 6.01. The molecule has 1 N–H and O–H groups in total. The zero-order valence-corrected chi connectivity index (χ0v) is 14.6. The molecule has 1 aliphatic rings. The average Bonchev–Trinajstić information content (AvgIpc) is 2.58. The number of nitrogens with zero attached hydrogens (tertiary/aromatic N) is 1. The minimum absolute atomic E-state index is 0.461. The quantitative estimate of drug-likeness (QED) is 0.559. The minimum atomic E-state index is -1.67. The summed E-state index contributed by atoms with van der Waals surface area (Å²) in [5.41, 5.74) is -1.81. The van der Waals surface area contributed by atoms with E-state index >= 15 is 0 Å². The monoisotopic (exact) mass is 345 g/mol. The third-order valence-corrected chi connectivity index (χ3v) is 2.70. The molecule has 0 aromatic rings. The van der Waals surface area contributed by atoms with Crippen molar-refractivity contribution in [1.82, 2.24) is 4.90 Å². The molecule has 136 valence electrons. The van der Waals surface area contributed by atoms with Crippen LogP contribution in [-0.4, -0.2) is 57.5 Å². The van der Waals surface area contributed by atoms with Gasteiger partial charge in [-0.25, -0.2) is 19.3 Å². The Morgan fingerprint density at radius 1 is 1.04 bits per heavy atom. The number of likely N-dealkylation sites (tertiary alicyclic amines) is 1. The number of carbonyl (C=O) groups is 4. The standard InChI is InChI=1S/C15H23NO8/c1-14(2,3)23-12(20)16-9(18)7-8(17)10(16)11(19)22-13(21)24-15(4,5)6/h8,10,17H,7H2,1-6H3. The van der Waals surface area contributed by atoms with Gasteiger partial charge < -0.3 is 19.3 Å². The first-order valence-corrected chi connectivity index (χ1v) is 7.39. The zero-order chi connectivity index (χ0) is 18.9. The van der Waals surface area contributed by atoms with E-state index < -0.39 is 53.9 Å². The molecule has 0 aliphatic carbocycles. The molecule has 24 heavy (non-hydrogen) atoms. The Balaban J connectivity index is 2.89. The number of ether oxygens (including phenoxy) is 3. The van der Waals surface area contributed by atoms with Crippen molar-refractivity contribution in [3.63, 3.8) is 0 Å². The van der Waals surface area contributed by atoms with E-state index in [4.69, 9.17) is 9.47 Å². The van der Waals surface area contributed by atoms with Crippen molar-refractivity contribution >= 4 is 24.1 Å². The maximum atomic E-state index is 12.1. The summed E-state index contributed by atoms with van der Waals surface area (Å²) in [6, 6.07) is -1.67. The SMILES string of the molecule is CC(C)(C)OC(=O)OC(=O)C1C(O)CC(=O)N1C(=O)OC(C)(C)C. The van der Waals surface area contributed by atoms with E-state index in [-0.39, 0.29) is 0 Å². The van der Waals surface area contributed by atoms with Gasteiger partial charge in [0, 0.05) is 0 Å². The Kier molecular flexibility index (Phi) is 5.60. The van der Waals surface area contributed by atoms with Gasteiger partial charge in [-0.2, -0.15) is 0 Å². The number of aliphatic hydroxyl groups is 1. The maximum absolute atomic E-state index is 12.1. The van der Waals surface area contributed by atoms with Gasteiger partial charge in [-0.3, -0.25) is 4.79 Å². The first-order valence-electron chi connectivity index (χ1n) is 7.39. The minimum Gasteiger partial charge on any atom is -0.443 e. The maximum Gasteiger partial charge on any atom is 0.516 e. The molecule has 9 heteroatoms. The van der Waals surface area contributed by atoms with Gasteiger partial charge in [-0.15, -0.1) is 0 Å². The lowest BCUT2D eigenvalue weighted by molar-refractivity contribution is -0.151. The second-order valence-electron chi connectivity index (χ2n) is 7.35. The van der Waals surface area contributed by atoms with Gasteiger partial charge in [0.25, 0.3) is 0 Å². The molecule has 1 heterocycles. The predicted octanol–water partition coefficient (Wildman–Crippen LogP) is 1.36. The third kappa shape index (κ3) is 5.48. The van der Waals surface area contributed by atoms with Crippen molar-refractivity contribution < 1.29 is 38.5 Å². The summed E-state index contributed by atoms with van der Waals surface area (Å²) in [6.07, 6.45) is -4.36. The molecule has 0 aromatic heterocycles. The van der Waals surface area contributed by atoms with Gasteiger partial charge in [-0.05, 0) is 41.5 Å². The van der Waals surface area contributed by atoms with Crippen LogP contribution in [0.5, 0.6) is 0 Å². The lowest BCUT2D eigenvalue weighted by Gasteiger charge is -2.27. The summed E-state index contributed by atoms with van der Waals surface area (Å²) in [7, 11) is 0. The van der Waals surface area contributed by atoms with Crippen molar-refractivity contribution in [3.05, 3.63) is 0 Å². The third-order valence-electron chi connectivity index (χ3n) is 2.70. The average molecular weight is 345 g/mol. The second kappa shape index (κ2) is 6.76. The van der Waals surface area contributed by atoms with Crippen LogP contribution in [0.2, 0.25) is 0 Å². The number of amides is 2. The van der Waals surface area contributed by atoms with Gasteiger partial charge >= 0.3 is 18.2 Å². The van der Waals surface area contributed by atoms with Crippen molar-refractivity contribution in [1.29, 1.82) is 0 Å². The highest BCUT2D eigenvalue weighted by atomic mass is 16.7. The largest absolute Gasteiger partial charge is 0.516 e. The summed E-state index contributed by atoms with van der Waals surface area (Å²) < 4.78 is 14.3. The van der Waals surface area contributed by atoms with Crippen LogP contribution >= 0.6 is 0 Å². The number of hydrogen-bond donors (Lipinski definition) is 1. The first-order chi connectivity index (χ1) is 10.7. The smallest absolute Gasteiger partial charge is 0.443 e. The lowest BCUT2D eigenvalue weighted by Crippen LogP contribution is -2.49. The van der Waals surface area contributed by atoms with Gasteiger partial charge in [0.2, 0.25) is 5.91 Å². The van der Waals surface area contributed by atoms with E-state index in [1.165, 1.54) is 0 Å². The number of imide groups is 1. The number of aliphatic hydroxyl groups excluding tert-OH is 1. The predicted molar refractivity (Wildman–Crippen MR) is 79.8 cm³/mol. The summed E-state index contributed by atoms with van der Waals surface area (Å²) in [5, 5.41) is 9.87. The first kappa shape index (κ1) is 19.9. The summed E-state index contributed by atoms with van der Waals surface area (Å²) in [4.78, 5) is 48.1. The Morgan fingerprint density at radius 3 is 2.00 bits per heavy atom. The molecule has 0 aromatic carbocycles. The van der Waals surface area contributed by atoms with E-state index in [9.17, 15) is 24.3 Å². The van der Waals surface area contributed by atoms with Crippen LogP contribution in [0.25, 0.3) is 0 Å². The zero-order valence-electron chi connectivity index (χ0n) is 14.6. The normalized spacial score (nSPS) is 21.5. The molecule has 0 bridgehead atoms. The Morgan fingerprint density at radius 2 is 1.54 bits per heavy atom. The van der Waals surface area contributed by atoms with Crippen molar-refractivity contribution in [3.8, 4) is 0 Å². The lowest BCUT2D eigenvalue weighted by atomic mass is 10.2. The Bertz CT molecular complexity index is 543. The molecule has 1 aliphatic heterocycles. The number of hydrogen-bond acceptors (Lipinski definition) is 8. The van der Waals surface area contributed by atoms with Crippen LogP contribution in [0, 0.1) is 0 Å². The molecule has 2 unspecified atom stereocenters. The number of carbonyl (C=O) groups excluding carboxylic acids is 4. The molecule has 2 amide bonds. The van der Waals surface area contributed by atoms with E-state index in [1.54, 1.807) is 41.5 Å². The molecular formula is C15H23NO8. The highest BCUT2D eigenvalue weighted by Crippen LogP contribution is 2.24. The van der Waals surface area contributed by atoms with Crippen molar-refractivity contribution in [2.45, 2.75) is 71.3 Å². The van der Waals surface area contributed by atoms with Crippen LogP contribution in [0.3, 0.4) is 0 Å². The fourth-order valence-electron chi connectivity index (χ4n) is 1.92. The molecule has 0 spiro atoms. The van der Waals surface area contributed by atoms with Crippen LogP contribution in [0.1, 0.15) is 48.0 Å². The van der Waals surface area contributed by atoms with Crippen LogP contribution in [-0.2, 0) is 23.8 Å². The molecule has 0 radical (unpaired) electrons. The highest BCUT2D eigenvalue weighted by Gasteiger charge is 2.50. The summed E-state index contributed by atoms with van der Waals surface area (Å²) in [5.74, 6) is -2.07. The molecule has 9 nitrogen and oxygen atoms in total. The molecule has 0 saturated carbocycles. The number of rotatable bonds is 1. The van der Waals surface area contributed by atoms with Gasteiger partial charge in [-0.1, -0.05) is 0 Å². The number of esters is 1. The van der Waals surface area contributed by atoms with E-state index in [0.29, 0.717) is 4.90 Å². The van der Waals surface area contributed by atoms with Gasteiger partial charge in [0.1, 0.15) is 11.2 Å². The van der Waals surface area contributed by atoms with E-state index in [0.717, 1.165) is 0 Å². The van der Waals surface area contributed by atoms with Crippen molar-refractivity contribution in [2.24, 2.45) is 0 Å². The van der Waals surface area contributed by atoms with E-state index in [2.05, 4.69) is 4.74 Å². The Hall–Kier alpha value is -2.16. The fourth-order valence-corrected chi connectivity index (χ4v) is 1.92. The topological polar surface area (TPSA) is 119 Å². The molecule has 2 atom stereocenters. The molecule has 1 rings (SSSR count). The second-order valence-corrected chi connectivity index (χ2v) is 7.35.